The first-order chi connectivity index (χ1) is 13.9. The van der Waals surface area contributed by atoms with E-state index in [4.69, 9.17) is 54.7 Å². The van der Waals surface area contributed by atoms with Crippen LogP contribution in [0.5, 0.6) is 0 Å². The maximum atomic E-state index is 11.3. The van der Waals surface area contributed by atoms with Crippen molar-refractivity contribution >= 4 is 39.1 Å². The Balaban J connectivity index is 3.77. The first kappa shape index (κ1) is 30.5. The fraction of sp³-hybridized carbons (Fsp3) is 1.00. The predicted octanol–water partition coefficient (Wildman–Crippen LogP) is -3.28. The normalized spacial score (nSPS) is 31.0. The second-order valence-electron chi connectivity index (χ2n) is 5.88. The highest BCUT2D eigenvalue weighted by Gasteiger charge is 2.60. The van der Waals surface area contributed by atoms with Crippen molar-refractivity contribution in [1.29, 1.82) is 0 Å². The van der Waals surface area contributed by atoms with E-state index in [0.29, 0.717) is 0 Å². The lowest BCUT2D eigenvalue weighted by Crippen LogP contribution is -2.68. The number of phosphoric ester groups is 5. The van der Waals surface area contributed by atoms with Crippen LogP contribution in [0.25, 0.3) is 0 Å². The van der Waals surface area contributed by atoms with Gasteiger partial charge in [-0.1, -0.05) is 0 Å². The first-order valence-corrected chi connectivity index (χ1v) is 15.0. The molecular weight excluding hydrogens is 561 g/mol. The Labute approximate surface area is 176 Å². The molecule has 0 amide bonds. The molecule has 1 fully saturated rings. The molecule has 192 valence electrons. The molecule has 21 nitrogen and oxygen atoms in total. The van der Waals surface area contributed by atoms with Crippen LogP contribution in [-0.2, 0) is 45.4 Å². The average Bonchev–Trinajstić information content (AvgIpc) is 2.45. The third kappa shape index (κ3) is 10.8. The van der Waals surface area contributed by atoms with Crippen molar-refractivity contribution in [1.82, 2.24) is 0 Å². The van der Waals surface area contributed by atoms with Crippen LogP contribution in [0, 0.1) is 0 Å². The largest absolute Gasteiger partial charge is 0.470 e. The van der Waals surface area contributed by atoms with Gasteiger partial charge in [0.05, 0.1) is 6.04 Å². The van der Waals surface area contributed by atoms with Crippen molar-refractivity contribution in [2.24, 2.45) is 5.73 Å². The summed E-state index contributed by atoms with van der Waals surface area (Å²) in [5.74, 6) is 0. The Morgan fingerprint density at radius 2 is 0.562 bits per heavy atom. The molecule has 0 aromatic carbocycles. The highest BCUT2D eigenvalue weighted by molar-refractivity contribution is 7.47. The van der Waals surface area contributed by atoms with E-state index in [1.54, 1.807) is 0 Å². The monoisotopic (exact) mass is 579 g/mol. The van der Waals surface area contributed by atoms with Crippen LogP contribution in [-0.4, -0.2) is 85.5 Å². The van der Waals surface area contributed by atoms with E-state index in [1.807, 2.05) is 0 Å². The van der Waals surface area contributed by atoms with Crippen molar-refractivity contribution < 1.29 is 94.4 Å². The molecule has 1 saturated carbocycles. The van der Waals surface area contributed by atoms with Gasteiger partial charge in [0, 0.05) is 0 Å². The molecule has 0 bridgehead atoms. The lowest BCUT2D eigenvalue weighted by Gasteiger charge is -2.47. The van der Waals surface area contributed by atoms with Gasteiger partial charge in [0.2, 0.25) is 0 Å². The van der Waals surface area contributed by atoms with E-state index in [-0.39, 0.29) is 0 Å². The van der Waals surface area contributed by atoms with Gasteiger partial charge in [0.15, 0.2) is 0 Å². The summed E-state index contributed by atoms with van der Waals surface area (Å²) >= 11 is 0. The number of hydrogen-bond donors (Lipinski definition) is 11. The first-order valence-electron chi connectivity index (χ1n) is 7.34. The number of rotatable bonds is 10. The third-order valence-corrected chi connectivity index (χ3v) is 5.94. The maximum Gasteiger partial charge on any atom is 0.470 e. The summed E-state index contributed by atoms with van der Waals surface area (Å²) in [4.78, 5) is 90.5. The van der Waals surface area contributed by atoms with Gasteiger partial charge in [0.25, 0.3) is 0 Å². The molecule has 6 atom stereocenters. The number of nitrogens with two attached hydrogens (primary N) is 1. The minimum absolute atomic E-state index is 2.39. The molecule has 0 spiro atoms. The summed E-state index contributed by atoms with van der Waals surface area (Å²) < 4.78 is 77.3. The topological polar surface area (TPSA) is 360 Å². The Morgan fingerprint density at radius 3 is 0.750 bits per heavy atom. The van der Waals surface area contributed by atoms with Crippen molar-refractivity contribution in [3.8, 4) is 0 Å². The van der Waals surface area contributed by atoms with Crippen molar-refractivity contribution in [3.63, 3.8) is 0 Å². The molecular formula is C6H18NO20P5. The fourth-order valence-electron chi connectivity index (χ4n) is 2.60. The second-order valence-corrected chi connectivity index (χ2v) is 11.8. The minimum Gasteiger partial charge on any atom is -0.323 e. The number of hydrogen-bond acceptors (Lipinski definition) is 11. The van der Waals surface area contributed by atoms with Crippen molar-refractivity contribution in [2.45, 2.75) is 36.6 Å². The smallest absolute Gasteiger partial charge is 0.323 e. The zero-order valence-corrected chi connectivity index (χ0v) is 19.3. The van der Waals surface area contributed by atoms with E-state index in [2.05, 4.69) is 22.6 Å². The zero-order valence-electron chi connectivity index (χ0n) is 14.8. The SMILES string of the molecule is NC1[C@@H](OP(=O)(O)O)[C@@H](OP(=O)(O)O)C(OP(=O)(O)O)[C@H](OP(=O)(O)O)[C@H]1OP(=O)(O)O. The van der Waals surface area contributed by atoms with Gasteiger partial charge in [-0.25, -0.2) is 22.8 Å². The molecule has 0 radical (unpaired) electrons. The Morgan fingerprint density at radius 1 is 0.406 bits per heavy atom. The van der Waals surface area contributed by atoms with Crippen LogP contribution in [0.1, 0.15) is 0 Å². The molecule has 1 aliphatic rings. The van der Waals surface area contributed by atoms with Gasteiger partial charge in [-0.05, 0) is 0 Å². The molecule has 1 rings (SSSR count). The zero-order chi connectivity index (χ0) is 25.5. The van der Waals surface area contributed by atoms with Gasteiger partial charge >= 0.3 is 39.1 Å². The third-order valence-electron chi connectivity index (χ3n) is 3.35. The van der Waals surface area contributed by atoms with Crippen LogP contribution in [0.3, 0.4) is 0 Å². The predicted molar refractivity (Wildman–Crippen MR) is 92.6 cm³/mol. The summed E-state index contributed by atoms with van der Waals surface area (Å²) in [5, 5.41) is 0. The molecule has 1 aliphatic carbocycles. The summed E-state index contributed by atoms with van der Waals surface area (Å²) in [7, 11) is -28.8. The Bertz CT molecular complexity index is 830. The van der Waals surface area contributed by atoms with Crippen LogP contribution >= 0.6 is 39.1 Å². The van der Waals surface area contributed by atoms with Gasteiger partial charge in [0.1, 0.15) is 30.5 Å². The van der Waals surface area contributed by atoms with Crippen molar-refractivity contribution in [2.75, 3.05) is 0 Å². The molecule has 0 saturated heterocycles. The molecule has 32 heavy (non-hydrogen) atoms. The Kier molecular flexibility index (Phi) is 9.78. The minimum atomic E-state index is -5.82. The van der Waals surface area contributed by atoms with E-state index in [0.717, 1.165) is 0 Å². The highest BCUT2D eigenvalue weighted by atomic mass is 31.2. The van der Waals surface area contributed by atoms with Gasteiger partial charge < -0.3 is 54.7 Å². The van der Waals surface area contributed by atoms with Crippen LogP contribution in [0.15, 0.2) is 0 Å². The van der Waals surface area contributed by atoms with Crippen LogP contribution in [0.2, 0.25) is 0 Å². The van der Waals surface area contributed by atoms with E-state index in [1.165, 1.54) is 0 Å². The molecule has 12 N–H and O–H groups in total. The highest BCUT2D eigenvalue weighted by Crippen LogP contribution is 2.54. The lowest BCUT2D eigenvalue weighted by atomic mass is 9.84. The summed E-state index contributed by atoms with van der Waals surface area (Å²) in [5.41, 5.74) is 5.53. The molecule has 0 aromatic heterocycles. The molecule has 26 heteroatoms. The van der Waals surface area contributed by atoms with Crippen LogP contribution in [0.4, 0.5) is 0 Å². The van der Waals surface area contributed by atoms with Gasteiger partial charge in [-0.3, -0.25) is 22.6 Å². The summed E-state index contributed by atoms with van der Waals surface area (Å²) in [6, 6.07) is -2.39. The maximum absolute atomic E-state index is 11.3. The molecule has 2 unspecified atom stereocenters. The van der Waals surface area contributed by atoms with Gasteiger partial charge in [-0.2, -0.15) is 0 Å². The van der Waals surface area contributed by atoms with E-state index < -0.39 is 75.7 Å². The average molecular weight is 579 g/mol. The lowest BCUT2D eigenvalue weighted by molar-refractivity contribution is -0.166. The van der Waals surface area contributed by atoms with E-state index in [9.17, 15) is 22.8 Å². The number of phosphoric acid groups is 5. The molecule has 0 aromatic rings. The fourth-order valence-corrected chi connectivity index (χ4v) is 5.43. The van der Waals surface area contributed by atoms with E-state index >= 15 is 0 Å². The quantitative estimate of drug-likeness (QED) is 0.113. The van der Waals surface area contributed by atoms with Crippen molar-refractivity contribution in [3.05, 3.63) is 0 Å². The van der Waals surface area contributed by atoms with Gasteiger partial charge in [-0.15, -0.1) is 0 Å². The second kappa shape index (κ2) is 10.2. The molecule has 0 heterocycles. The Hall–Kier alpha value is 0.510. The summed E-state index contributed by atoms with van der Waals surface area (Å²) in [6.45, 7) is 0. The summed E-state index contributed by atoms with van der Waals surface area (Å²) in [6.07, 6.45) is -13.7. The standard InChI is InChI=1S/C6H18NO20P5/c7-1-2(23-28(8,9)10)4(25-30(14,15)16)6(27-32(20,21)22)5(26-31(17,18)19)3(1)24-29(11,12)13/h1-6H,7H2,(H2,8,9,10)(H2,11,12,13)(H2,14,15,16)(H2,17,18,19)(H2,20,21,22)/t1?,2-,3+,4-,5-,6?/m1/s1. The van der Waals surface area contributed by atoms with Crippen LogP contribution < -0.4 is 5.73 Å². The molecule has 0 aliphatic heterocycles.